The summed E-state index contributed by atoms with van der Waals surface area (Å²) in [6.07, 6.45) is 0.736. The van der Waals surface area contributed by atoms with Crippen LogP contribution >= 0.6 is 22.7 Å². The largest absolute Gasteiger partial charge is 0.379 e. The van der Waals surface area contributed by atoms with Crippen molar-refractivity contribution in [2.24, 2.45) is 0 Å². The number of hydrogen-bond acceptors (Lipinski definition) is 7. The molecule has 1 aliphatic rings. The van der Waals surface area contributed by atoms with Crippen LogP contribution in [0, 0.1) is 0 Å². The molecule has 0 unspecified atom stereocenters. The van der Waals surface area contributed by atoms with E-state index in [4.69, 9.17) is 4.74 Å². The van der Waals surface area contributed by atoms with Crippen molar-refractivity contribution in [2.45, 2.75) is 13.0 Å². The number of rotatable bonds is 6. The summed E-state index contributed by atoms with van der Waals surface area (Å²) in [5, 5.41) is 8.20. The monoisotopic (exact) mass is 400 g/mol. The minimum Gasteiger partial charge on any atom is -0.379 e. The standard InChI is InChI=1S/C19H20N4O2S2/c24-18(16-13-26-17(21-16)10-14-4-2-1-3-5-14)22-19-20-15(12-27-19)11-23-6-8-25-9-7-23/h1-5,12-13H,6-11H2,(H,20,22,24). The zero-order valence-electron chi connectivity index (χ0n) is 14.8. The Morgan fingerprint density at radius 3 is 2.74 bits per heavy atom. The Kier molecular flexibility index (Phi) is 5.88. The quantitative estimate of drug-likeness (QED) is 0.688. The molecule has 1 N–H and O–H groups in total. The van der Waals surface area contributed by atoms with Crippen molar-refractivity contribution in [3.05, 3.63) is 63.1 Å². The van der Waals surface area contributed by atoms with E-state index in [-0.39, 0.29) is 5.91 Å². The van der Waals surface area contributed by atoms with Crippen LogP contribution in [0.2, 0.25) is 0 Å². The van der Waals surface area contributed by atoms with E-state index in [0.29, 0.717) is 10.8 Å². The summed E-state index contributed by atoms with van der Waals surface area (Å²) < 4.78 is 5.36. The highest BCUT2D eigenvalue weighted by atomic mass is 32.1. The van der Waals surface area contributed by atoms with Crippen LogP contribution in [0.1, 0.15) is 26.8 Å². The van der Waals surface area contributed by atoms with Crippen LogP contribution in [0.25, 0.3) is 0 Å². The maximum absolute atomic E-state index is 12.5. The predicted molar refractivity (Wildman–Crippen MR) is 108 cm³/mol. The fourth-order valence-electron chi connectivity index (χ4n) is 2.85. The van der Waals surface area contributed by atoms with Crippen molar-refractivity contribution in [2.75, 3.05) is 31.6 Å². The van der Waals surface area contributed by atoms with Gasteiger partial charge in [-0.3, -0.25) is 15.0 Å². The first-order chi connectivity index (χ1) is 13.3. The highest BCUT2D eigenvalue weighted by Gasteiger charge is 2.15. The van der Waals surface area contributed by atoms with E-state index in [2.05, 4.69) is 32.3 Å². The summed E-state index contributed by atoms with van der Waals surface area (Å²) in [6, 6.07) is 10.1. The Hall–Kier alpha value is -2.13. The summed E-state index contributed by atoms with van der Waals surface area (Å²) in [6.45, 7) is 4.16. The third kappa shape index (κ3) is 4.98. The third-order valence-electron chi connectivity index (χ3n) is 4.24. The Morgan fingerprint density at radius 1 is 1.11 bits per heavy atom. The van der Waals surface area contributed by atoms with Gasteiger partial charge in [-0.1, -0.05) is 30.3 Å². The van der Waals surface area contributed by atoms with Gasteiger partial charge in [-0.05, 0) is 5.56 Å². The number of ether oxygens (including phenoxy) is 1. The Bertz CT molecular complexity index is 888. The average Bonchev–Trinajstić information content (AvgIpc) is 3.33. The van der Waals surface area contributed by atoms with Crippen LogP contribution in [-0.4, -0.2) is 47.1 Å². The molecule has 0 spiro atoms. The number of amides is 1. The molecule has 4 rings (SSSR count). The van der Waals surface area contributed by atoms with E-state index in [1.165, 1.54) is 28.2 Å². The smallest absolute Gasteiger partial charge is 0.276 e. The normalized spacial score (nSPS) is 15.0. The second-order valence-electron chi connectivity index (χ2n) is 6.28. The summed E-state index contributed by atoms with van der Waals surface area (Å²) in [5.41, 5.74) is 2.60. The third-order valence-corrected chi connectivity index (χ3v) is 5.90. The Labute approximate surface area is 165 Å². The first kappa shape index (κ1) is 18.2. The van der Waals surface area contributed by atoms with Gasteiger partial charge in [0.05, 0.1) is 23.9 Å². The molecular formula is C19H20N4O2S2. The van der Waals surface area contributed by atoms with Crippen molar-refractivity contribution in [1.82, 2.24) is 14.9 Å². The first-order valence-electron chi connectivity index (χ1n) is 8.80. The van der Waals surface area contributed by atoms with Gasteiger partial charge in [0.2, 0.25) is 0 Å². The van der Waals surface area contributed by atoms with Crippen LogP contribution < -0.4 is 5.32 Å². The Balaban J connectivity index is 1.34. The van der Waals surface area contributed by atoms with Crippen molar-refractivity contribution in [3.8, 4) is 0 Å². The zero-order valence-corrected chi connectivity index (χ0v) is 16.4. The van der Waals surface area contributed by atoms with Gasteiger partial charge in [-0.15, -0.1) is 22.7 Å². The van der Waals surface area contributed by atoms with Crippen LogP contribution in [-0.2, 0) is 17.7 Å². The molecule has 1 fully saturated rings. The summed E-state index contributed by atoms with van der Waals surface area (Å²) in [5.74, 6) is -0.210. The topological polar surface area (TPSA) is 67.4 Å². The second-order valence-corrected chi connectivity index (χ2v) is 8.08. The van der Waals surface area contributed by atoms with Gasteiger partial charge in [0.25, 0.3) is 5.91 Å². The summed E-state index contributed by atoms with van der Waals surface area (Å²) >= 11 is 2.95. The van der Waals surface area contributed by atoms with Crippen LogP contribution in [0.4, 0.5) is 5.13 Å². The maximum atomic E-state index is 12.5. The molecule has 1 amide bonds. The lowest BCUT2D eigenvalue weighted by Crippen LogP contribution is -2.35. The fraction of sp³-hybridized carbons (Fsp3) is 0.316. The van der Waals surface area contributed by atoms with Gasteiger partial charge in [0.1, 0.15) is 5.69 Å². The van der Waals surface area contributed by atoms with Gasteiger partial charge in [-0.2, -0.15) is 0 Å². The fourth-order valence-corrected chi connectivity index (χ4v) is 4.36. The molecule has 140 valence electrons. The van der Waals surface area contributed by atoms with E-state index >= 15 is 0 Å². The van der Waals surface area contributed by atoms with Gasteiger partial charge in [0.15, 0.2) is 5.13 Å². The molecule has 1 aromatic carbocycles. The number of nitrogens with one attached hydrogen (secondary N) is 1. The lowest BCUT2D eigenvalue weighted by atomic mass is 10.2. The van der Waals surface area contributed by atoms with Crippen molar-refractivity contribution >= 4 is 33.7 Å². The number of benzene rings is 1. The predicted octanol–water partition coefficient (Wildman–Crippen LogP) is 3.27. The summed E-state index contributed by atoms with van der Waals surface area (Å²) in [7, 11) is 0. The maximum Gasteiger partial charge on any atom is 0.276 e. The molecule has 0 atom stereocenters. The van der Waals surface area contributed by atoms with E-state index in [0.717, 1.165) is 50.0 Å². The highest BCUT2D eigenvalue weighted by Crippen LogP contribution is 2.20. The molecule has 0 aliphatic carbocycles. The van der Waals surface area contributed by atoms with E-state index in [9.17, 15) is 4.79 Å². The van der Waals surface area contributed by atoms with Gasteiger partial charge >= 0.3 is 0 Å². The van der Waals surface area contributed by atoms with Crippen molar-refractivity contribution in [3.63, 3.8) is 0 Å². The molecule has 3 aromatic rings. The molecule has 1 aliphatic heterocycles. The number of anilines is 1. The molecule has 6 nitrogen and oxygen atoms in total. The first-order valence-corrected chi connectivity index (χ1v) is 10.6. The SMILES string of the molecule is O=C(Nc1nc(CN2CCOCC2)cs1)c1csc(Cc2ccccc2)n1. The van der Waals surface area contributed by atoms with E-state index in [1.807, 2.05) is 23.6 Å². The highest BCUT2D eigenvalue weighted by molar-refractivity contribution is 7.14. The minimum absolute atomic E-state index is 0.210. The van der Waals surface area contributed by atoms with Gasteiger partial charge in [0, 0.05) is 36.8 Å². The molecule has 3 heterocycles. The van der Waals surface area contributed by atoms with Crippen molar-refractivity contribution < 1.29 is 9.53 Å². The number of morpholine rings is 1. The molecular weight excluding hydrogens is 380 g/mol. The van der Waals surface area contributed by atoms with E-state index in [1.54, 1.807) is 5.38 Å². The zero-order chi connectivity index (χ0) is 18.5. The number of hydrogen-bond donors (Lipinski definition) is 1. The van der Waals surface area contributed by atoms with E-state index < -0.39 is 0 Å². The lowest BCUT2D eigenvalue weighted by molar-refractivity contribution is 0.0337. The molecule has 8 heteroatoms. The minimum atomic E-state index is -0.210. The number of carbonyl (C=O) groups excluding carboxylic acids is 1. The molecule has 27 heavy (non-hydrogen) atoms. The van der Waals surface area contributed by atoms with Gasteiger partial charge < -0.3 is 4.74 Å². The average molecular weight is 401 g/mol. The molecule has 0 radical (unpaired) electrons. The number of aromatic nitrogens is 2. The van der Waals surface area contributed by atoms with Gasteiger partial charge in [-0.25, -0.2) is 9.97 Å². The number of nitrogens with zero attached hydrogens (tertiary/aromatic N) is 3. The Morgan fingerprint density at radius 2 is 1.93 bits per heavy atom. The van der Waals surface area contributed by atoms with Crippen LogP contribution in [0.5, 0.6) is 0 Å². The second kappa shape index (κ2) is 8.71. The molecule has 1 saturated heterocycles. The number of carbonyl (C=O) groups is 1. The van der Waals surface area contributed by atoms with Crippen LogP contribution in [0.15, 0.2) is 41.1 Å². The van der Waals surface area contributed by atoms with Crippen molar-refractivity contribution in [1.29, 1.82) is 0 Å². The summed E-state index contributed by atoms with van der Waals surface area (Å²) in [4.78, 5) is 23.7. The number of thiazole rings is 2. The van der Waals surface area contributed by atoms with Crippen LogP contribution in [0.3, 0.4) is 0 Å². The molecule has 0 bridgehead atoms. The molecule has 2 aromatic heterocycles. The lowest BCUT2D eigenvalue weighted by Gasteiger charge is -2.25. The molecule has 0 saturated carbocycles.